The Kier molecular flexibility index (Phi) is 3.17. The maximum Gasteiger partial charge on any atom is 0.190 e. The highest BCUT2D eigenvalue weighted by Crippen LogP contribution is 2.33. The smallest absolute Gasteiger partial charge is 0.190 e. The van der Waals surface area contributed by atoms with Crippen LogP contribution in [-0.2, 0) is 0 Å². The Morgan fingerprint density at radius 1 is 1.46 bits per heavy atom. The maximum absolute atomic E-state index is 5.75. The van der Waals surface area contributed by atoms with Gasteiger partial charge in [0.1, 0.15) is 0 Å². The van der Waals surface area contributed by atoms with Gasteiger partial charge >= 0.3 is 0 Å². The average molecular weight is 183 g/mol. The summed E-state index contributed by atoms with van der Waals surface area (Å²) in [5, 5.41) is 0. The Morgan fingerprint density at radius 3 is 2.38 bits per heavy atom. The van der Waals surface area contributed by atoms with E-state index >= 15 is 0 Å². The average Bonchev–Trinajstić information content (AvgIpc) is 2.18. The SMILES string of the molecule is CCC1(C)CCN(C(N)=NC)CC1. The Labute approximate surface area is 81.0 Å². The molecule has 0 bridgehead atoms. The molecule has 1 fully saturated rings. The van der Waals surface area contributed by atoms with Crippen molar-refractivity contribution in [3.8, 4) is 0 Å². The van der Waals surface area contributed by atoms with Crippen LogP contribution in [0.5, 0.6) is 0 Å². The van der Waals surface area contributed by atoms with E-state index < -0.39 is 0 Å². The largest absolute Gasteiger partial charge is 0.370 e. The zero-order valence-corrected chi connectivity index (χ0v) is 9.01. The molecule has 1 aliphatic heterocycles. The molecule has 76 valence electrons. The van der Waals surface area contributed by atoms with Gasteiger partial charge in [0.15, 0.2) is 5.96 Å². The molecular formula is C10H21N3. The van der Waals surface area contributed by atoms with Crippen LogP contribution < -0.4 is 5.73 Å². The van der Waals surface area contributed by atoms with E-state index in [1.807, 2.05) is 0 Å². The summed E-state index contributed by atoms with van der Waals surface area (Å²) in [6, 6.07) is 0. The van der Waals surface area contributed by atoms with Crippen molar-refractivity contribution in [3.05, 3.63) is 0 Å². The van der Waals surface area contributed by atoms with Gasteiger partial charge in [-0.05, 0) is 18.3 Å². The highest BCUT2D eigenvalue weighted by atomic mass is 15.2. The van der Waals surface area contributed by atoms with Gasteiger partial charge in [-0.3, -0.25) is 4.99 Å². The van der Waals surface area contributed by atoms with Crippen molar-refractivity contribution >= 4 is 5.96 Å². The standard InChI is InChI=1S/C10H21N3/c1-4-10(2)5-7-13(8-6-10)9(11)12-3/h4-8H2,1-3H3,(H2,11,12). The summed E-state index contributed by atoms with van der Waals surface area (Å²) in [5.74, 6) is 0.693. The summed E-state index contributed by atoms with van der Waals surface area (Å²) in [5.41, 5.74) is 6.29. The second-order valence-corrected chi connectivity index (χ2v) is 4.23. The van der Waals surface area contributed by atoms with E-state index in [2.05, 4.69) is 23.7 Å². The first-order chi connectivity index (χ1) is 6.11. The van der Waals surface area contributed by atoms with Crippen LogP contribution in [0, 0.1) is 5.41 Å². The highest BCUT2D eigenvalue weighted by Gasteiger charge is 2.28. The predicted molar refractivity (Wildman–Crippen MR) is 56.8 cm³/mol. The molecule has 13 heavy (non-hydrogen) atoms. The molecular weight excluding hydrogens is 162 g/mol. The molecule has 3 heteroatoms. The Morgan fingerprint density at radius 2 is 2.00 bits per heavy atom. The number of nitrogens with zero attached hydrogens (tertiary/aromatic N) is 2. The Balaban J connectivity index is 2.48. The van der Waals surface area contributed by atoms with Crippen LogP contribution in [0.2, 0.25) is 0 Å². The van der Waals surface area contributed by atoms with Crippen molar-refractivity contribution in [2.24, 2.45) is 16.1 Å². The molecule has 1 aliphatic rings. The summed E-state index contributed by atoms with van der Waals surface area (Å²) < 4.78 is 0. The van der Waals surface area contributed by atoms with Gasteiger partial charge in [0.25, 0.3) is 0 Å². The lowest BCUT2D eigenvalue weighted by Gasteiger charge is -2.39. The van der Waals surface area contributed by atoms with Crippen LogP contribution in [0.4, 0.5) is 0 Å². The number of piperidine rings is 1. The first-order valence-electron chi connectivity index (χ1n) is 5.08. The number of guanidine groups is 1. The lowest BCUT2D eigenvalue weighted by molar-refractivity contribution is 0.161. The minimum Gasteiger partial charge on any atom is -0.370 e. The lowest BCUT2D eigenvalue weighted by atomic mass is 9.78. The molecule has 0 radical (unpaired) electrons. The molecule has 0 atom stereocenters. The summed E-state index contributed by atoms with van der Waals surface area (Å²) in [6.07, 6.45) is 3.74. The quantitative estimate of drug-likeness (QED) is 0.494. The van der Waals surface area contributed by atoms with Gasteiger partial charge in [0, 0.05) is 20.1 Å². The van der Waals surface area contributed by atoms with Gasteiger partial charge in [0.05, 0.1) is 0 Å². The fourth-order valence-electron chi connectivity index (χ4n) is 1.77. The van der Waals surface area contributed by atoms with Crippen molar-refractivity contribution in [3.63, 3.8) is 0 Å². The number of likely N-dealkylation sites (tertiary alicyclic amines) is 1. The van der Waals surface area contributed by atoms with Crippen molar-refractivity contribution in [2.45, 2.75) is 33.1 Å². The minimum absolute atomic E-state index is 0.532. The molecule has 1 heterocycles. The molecule has 0 spiro atoms. The van der Waals surface area contributed by atoms with E-state index in [9.17, 15) is 0 Å². The number of rotatable bonds is 1. The van der Waals surface area contributed by atoms with Gasteiger partial charge < -0.3 is 10.6 Å². The van der Waals surface area contributed by atoms with Crippen LogP contribution in [0.3, 0.4) is 0 Å². The second-order valence-electron chi connectivity index (χ2n) is 4.23. The van der Waals surface area contributed by atoms with Gasteiger partial charge in [-0.1, -0.05) is 20.3 Å². The molecule has 0 amide bonds. The van der Waals surface area contributed by atoms with E-state index in [1.165, 1.54) is 19.3 Å². The van der Waals surface area contributed by atoms with E-state index in [4.69, 9.17) is 5.73 Å². The first-order valence-corrected chi connectivity index (χ1v) is 5.08. The highest BCUT2D eigenvalue weighted by molar-refractivity contribution is 5.77. The van der Waals surface area contributed by atoms with Crippen LogP contribution in [-0.4, -0.2) is 31.0 Å². The van der Waals surface area contributed by atoms with Crippen LogP contribution in [0.15, 0.2) is 4.99 Å². The minimum atomic E-state index is 0.532. The molecule has 3 nitrogen and oxygen atoms in total. The van der Waals surface area contributed by atoms with Crippen molar-refractivity contribution in [1.82, 2.24) is 4.90 Å². The third-order valence-corrected chi connectivity index (χ3v) is 3.38. The van der Waals surface area contributed by atoms with E-state index in [-0.39, 0.29) is 0 Å². The fraction of sp³-hybridized carbons (Fsp3) is 0.900. The Bertz CT molecular complexity index is 190. The predicted octanol–water partition coefficient (Wildman–Crippen LogP) is 1.44. The zero-order valence-electron chi connectivity index (χ0n) is 9.01. The topological polar surface area (TPSA) is 41.6 Å². The van der Waals surface area contributed by atoms with Gasteiger partial charge in [-0.2, -0.15) is 0 Å². The van der Waals surface area contributed by atoms with E-state index in [0.717, 1.165) is 13.1 Å². The zero-order chi connectivity index (χ0) is 9.90. The summed E-state index contributed by atoms with van der Waals surface area (Å²) >= 11 is 0. The summed E-state index contributed by atoms with van der Waals surface area (Å²) in [7, 11) is 1.75. The monoisotopic (exact) mass is 183 g/mol. The number of hydrogen-bond donors (Lipinski definition) is 1. The molecule has 0 saturated carbocycles. The number of nitrogens with two attached hydrogens (primary N) is 1. The first kappa shape index (κ1) is 10.4. The van der Waals surface area contributed by atoms with Crippen molar-refractivity contribution in [1.29, 1.82) is 0 Å². The molecule has 2 N–H and O–H groups in total. The van der Waals surface area contributed by atoms with Gasteiger partial charge in [-0.15, -0.1) is 0 Å². The molecule has 1 rings (SSSR count). The number of hydrogen-bond acceptors (Lipinski definition) is 1. The summed E-state index contributed by atoms with van der Waals surface area (Å²) in [6.45, 7) is 6.76. The molecule has 0 unspecified atom stereocenters. The summed E-state index contributed by atoms with van der Waals surface area (Å²) in [4.78, 5) is 6.18. The molecule has 0 aliphatic carbocycles. The number of aliphatic imine (C=N–C) groups is 1. The van der Waals surface area contributed by atoms with Crippen molar-refractivity contribution in [2.75, 3.05) is 20.1 Å². The fourth-order valence-corrected chi connectivity index (χ4v) is 1.77. The van der Waals surface area contributed by atoms with Crippen molar-refractivity contribution < 1.29 is 0 Å². The van der Waals surface area contributed by atoms with Crippen LogP contribution in [0.25, 0.3) is 0 Å². The van der Waals surface area contributed by atoms with Gasteiger partial charge in [-0.25, -0.2) is 0 Å². The third-order valence-electron chi connectivity index (χ3n) is 3.38. The second kappa shape index (κ2) is 3.99. The van der Waals surface area contributed by atoms with Crippen LogP contribution in [0.1, 0.15) is 33.1 Å². The Hall–Kier alpha value is -0.730. The van der Waals surface area contributed by atoms with E-state index in [1.54, 1.807) is 7.05 Å². The molecule has 0 aromatic rings. The maximum atomic E-state index is 5.75. The normalized spacial score (nSPS) is 23.3. The lowest BCUT2D eigenvalue weighted by Crippen LogP contribution is -2.45. The molecule has 0 aromatic carbocycles. The van der Waals surface area contributed by atoms with Gasteiger partial charge in [0.2, 0.25) is 0 Å². The van der Waals surface area contributed by atoms with E-state index in [0.29, 0.717) is 11.4 Å². The van der Waals surface area contributed by atoms with Crippen LogP contribution >= 0.6 is 0 Å². The third kappa shape index (κ3) is 2.36. The molecule has 1 saturated heterocycles. The molecule has 0 aromatic heterocycles.